The number of carbonyl (C=O) groups is 1. The van der Waals surface area contributed by atoms with E-state index in [1.165, 1.54) is 0 Å². The Morgan fingerprint density at radius 3 is 2.96 bits per heavy atom. The molecule has 1 aromatic carbocycles. The lowest BCUT2D eigenvalue weighted by atomic mass is 10.1. The summed E-state index contributed by atoms with van der Waals surface area (Å²) in [6.07, 6.45) is 9.06. The molecular formula is C19H20N4O. The lowest BCUT2D eigenvalue weighted by Gasteiger charge is -2.23. The van der Waals surface area contributed by atoms with Gasteiger partial charge in [-0.05, 0) is 25.8 Å². The number of nitrogens with zero attached hydrogens (tertiary/aromatic N) is 4. The SMILES string of the molecule is CCn1cc(C(=O)N2CCC[C@@H]2c2cnccn2)c2ccccc21. The third-order valence-corrected chi connectivity index (χ3v) is 4.80. The fourth-order valence-corrected chi connectivity index (χ4v) is 3.63. The molecule has 2 aromatic heterocycles. The van der Waals surface area contributed by atoms with E-state index in [0.29, 0.717) is 0 Å². The maximum atomic E-state index is 13.2. The zero-order valence-corrected chi connectivity index (χ0v) is 13.7. The molecule has 0 unspecified atom stereocenters. The molecule has 0 aliphatic carbocycles. The maximum Gasteiger partial charge on any atom is 0.256 e. The van der Waals surface area contributed by atoms with Crippen molar-refractivity contribution < 1.29 is 4.79 Å². The van der Waals surface area contributed by atoms with Crippen molar-refractivity contribution in [3.63, 3.8) is 0 Å². The zero-order valence-electron chi connectivity index (χ0n) is 13.7. The normalized spacial score (nSPS) is 17.5. The van der Waals surface area contributed by atoms with Crippen LogP contribution in [-0.4, -0.2) is 31.9 Å². The molecular weight excluding hydrogens is 300 g/mol. The molecule has 1 amide bonds. The molecule has 5 nitrogen and oxygen atoms in total. The summed E-state index contributed by atoms with van der Waals surface area (Å²) in [6, 6.07) is 8.13. The predicted molar refractivity (Wildman–Crippen MR) is 92.7 cm³/mol. The Labute approximate surface area is 140 Å². The fourth-order valence-electron chi connectivity index (χ4n) is 3.63. The van der Waals surface area contributed by atoms with Gasteiger partial charge in [-0.15, -0.1) is 0 Å². The van der Waals surface area contributed by atoms with E-state index in [1.807, 2.05) is 29.3 Å². The maximum absolute atomic E-state index is 13.2. The largest absolute Gasteiger partial charge is 0.347 e. The molecule has 1 atom stereocenters. The summed E-state index contributed by atoms with van der Waals surface area (Å²) in [5.74, 6) is 0.0894. The number of aryl methyl sites for hydroxylation is 1. The monoisotopic (exact) mass is 320 g/mol. The van der Waals surface area contributed by atoms with Gasteiger partial charge >= 0.3 is 0 Å². The topological polar surface area (TPSA) is 51.0 Å². The average molecular weight is 320 g/mol. The van der Waals surface area contributed by atoms with Gasteiger partial charge in [0.1, 0.15) is 0 Å². The van der Waals surface area contributed by atoms with Crippen molar-refractivity contribution >= 4 is 16.8 Å². The molecule has 24 heavy (non-hydrogen) atoms. The van der Waals surface area contributed by atoms with Gasteiger partial charge in [0.2, 0.25) is 0 Å². The number of fused-ring (bicyclic) bond motifs is 1. The lowest BCUT2D eigenvalue weighted by Crippen LogP contribution is -2.31. The summed E-state index contributed by atoms with van der Waals surface area (Å²) < 4.78 is 2.13. The first-order valence-corrected chi connectivity index (χ1v) is 8.44. The van der Waals surface area contributed by atoms with Crippen molar-refractivity contribution in [2.45, 2.75) is 32.4 Å². The van der Waals surface area contributed by atoms with Crippen molar-refractivity contribution in [3.8, 4) is 0 Å². The average Bonchev–Trinajstić information content (AvgIpc) is 3.27. The highest BCUT2D eigenvalue weighted by Crippen LogP contribution is 2.33. The van der Waals surface area contributed by atoms with Crippen LogP contribution in [0.3, 0.4) is 0 Å². The number of amides is 1. The molecule has 0 N–H and O–H groups in total. The van der Waals surface area contributed by atoms with Gasteiger partial charge in [-0.25, -0.2) is 0 Å². The molecule has 122 valence electrons. The first kappa shape index (κ1) is 14.9. The molecule has 5 heteroatoms. The van der Waals surface area contributed by atoms with E-state index < -0.39 is 0 Å². The summed E-state index contributed by atoms with van der Waals surface area (Å²) in [6.45, 7) is 3.71. The van der Waals surface area contributed by atoms with E-state index >= 15 is 0 Å². The van der Waals surface area contributed by atoms with Gasteiger partial charge in [0.25, 0.3) is 5.91 Å². The van der Waals surface area contributed by atoms with Gasteiger partial charge in [-0.3, -0.25) is 14.8 Å². The Morgan fingerprint density at radius 2 is 2.17 bits per heavy atom. The van der Waals surface area contributed by atoms with Crippen molar-refractivity contribution in [1.29, 1.82) is 0 Å². The molecule has 1 fully saturated rings. The van der Waals surface area contributed by atoms with E-state index in [9.17, 15) is 4.79 Å². The molecule has 0 bridgehead atoms. The van der Waals surface area contributed by atoms with Crippen molar-refractivity contribution in [2.75, 3.05) is 6.54 Å². The molecule has 3 aromatic rings. The lowest BCUT2D eigenvalue weighted by molar-refractivity contribution is 0.0734. The van der Waals surface area contributed by atoms with Gasteiger partial charge < -0.3 is 9.47 Å². The zero-order chi connectivity index (χ0) is 16.5. The van der Waals surface area contributed by atoms with Gasteiger partial charge in [0.05, 0.1) is 23.5 Å². The van der Waals surface area contributed by atoms with Crippen LogP contribution in [0.1, 0.15) is 41.9 Å². The van der Waals surface area contributed by atoms with Crippen LogP contribution in [0.2, 0.25) is 0 Å². The Bertz CT molecular complexity index is 871. The second-order valence-electron chi connectivity index (χ2n) is 6.13. The van der Waals surface area contributed by atoms with Crippen LogP contribution < -0.4 is 0 Å². The minimum atomic E-state index is 0.0231. The van der Waals surface area contributed by atoms with Crippen LogP contribution >= 0.6 is 0 Å². The van der Waals surface area contributed by atoms with Crippen LogP contribution in [0.5, 0.6) is 0 Å². The summed E-state index contributed by atoms with van der Waals surface area (Å²) in [5.41, 5.74) is 2.77. The predicted octanol–water partition coefficient (Wildman–Crippen LogP) is 3.43. The van der Waals surface area contributed by atoms with E-state index in [2.05, 4.69) is 27.5 Å². The van der Waals surface area contributed by atoms with Crippen LogP contribution in [0.25, 0.3) is 10.9 Å². The molecule has 0 radical (unpaired) electrons. The van der Waals surface area contributed by atoms with Crippen molar-refractivity contribution in [2.24, 2.45) is 0 Å². The van der Waals surface area contributed by atoms with Crippen LogP contribution in [0.4, 0.5) is 0 Å². The van der Waals surface area contributed by atoms with E-state index in [1.54, 1.807) is 18.6 Å². The van der Waals surface area contributed by atoms with E-state index in [0.717, 1.165) is 48.1 Å². The molecule has 0 saturated carbocycles. The van der Waals surface area contributed by atoms with Gasteiger partial charge in [-0.2, -0.15) is 0 Å². The van der Waals surface area contributed by atoms with Crippen molar-refractivity contribution in [1.82, 2.24) is 19.4 Å². The first-order chi connectivity index (χ1) is 11.8. The summed E-state index contributed by atoms with van der Waals surface area (Å²) in [5, 5.41) is 1.02. The Morgan fingerprint density at radius 1 is 1.29 bits per heavy atom. The van der Waals surface area contributed by atoms with Gasteiger partial charge in [-0.1, -0.05) is 18.2 Å². The Kier molecular flexibility index (Phi) is 3.76. The molecule has 1 aliphatic heterocycles. The second-order valence-corrected chi connectivity index (χ2v) is 6.13. The van der Waals surface area contributed by atoms with Crippen LogP contribution in [0.15, 0.2) is 49.1 Å². The summed E-state index contributed by atoms with van der Waals surface area (Å²) in [7, 11) is 0. The minimum absolute atomic E-state index is 0.0231. The smallest absolute Gasteiger partial charge is 0.256 e. The molecule has 0 spiro atoms. The standard InChI is InChI=1S/C19H20N4O/c1-2-22-13-15(14-6-3-4-7-17(14)22)19(24)23-11-5-8-18(23)16-12-20-9-10-21-16/h3-4,6-7,9-10,12-13,18H,2,5,8,11H2,1H3/t18-/m1/s1. The Balaban J connectivity index is 1.73. The molecule has 1 saturated heterocycles. The Hall–Kier alpha value is -2.69. The van der Waals surface area contributed by atoms with Crippen molar-refractivity contribution in [3.05, 3.63) is 60.3 Å². The number of rotatable bonds is 3. The third-order valence-electron chi connectivity index (χ3n) is 4.80. The number of hydrogen-bond acceptors (Lipinski definition) is 3. The third kappa shape index (κ3) is 2.37. The minimum Gasteiger partial charge on any atom is -0.347 e. The number of para-hydroxylation sites is 1. The van der Waals surface area contributed by atoms with Gasteiger partial charge in [0, 0.05) is 42.6 Å². The van der Waals surface area contributed by atoms with E-state index in [4.69, 9.17) is 0 Å². The molecule has 1 aliphatic rings. The van der Waals surface area contributed by atoms with Crippen LogP contribution in [-0.2, 0) is 6.54 Å². The van der Waals surface area contributed by atoms with Gasteiger partial charge in [0.15, 0.2) is 0 Å². The summed E-state index contributed by atoms with van der Waals surface area (Å²) >= 11 is 0. The van der Waals surface area contributed by atoms with Crippen LogP contribution in [0, 0.1) is 0 Å². The highest BCUT2D eigenvalue weighted by atomic mass is 16.2. The number of likely N-dealkylation sites (tertiary alicyclic amines) is 1. The summed E-state index contributed by atoms with van der Waals surface area (Å²) in [4.78, 5) is 23.8. The molecule has 4 rings (SSSR count). The number of hydrogen-bond donors (Lipinski definition) is 0. The number of carbonyl (C=O) groups excluding carboxylic acids is 1. The quantitative estimate of drug-likeness (QED) is 0.743. The molecule has 3 heterocycles. The number of benzene rings is 1. The highest BCUT2D eigenvalue weighted by Gasteiger charge is 2.32. The van der Waals surface area contributed by atoms with E-state index in [-0.39, 0.29) is 11.9 Å². The number of aromatic nitrogens is 3. The highest BCUT2D eigenvalue weighted by molar-refractivity contribution is 6.07. The first-order valence-electron chi connectivity index (χ1n) is 8.44. The fraction of sp³-hybridized carbons (Fsp3) is 0.316. The second kappa shape index (κ2) is 6.07.